The Balaban J connectivity index is 1.38. The molecule has 0 aliphatic carbocycles. The number of tetrazole rings is 1. The summed E-state index contributed by atoms with van der Waals surface area (Å²) in [6.45, 7) is 6.22. The molecule has 4 aliphatic heterocycles. The smallest absolute Gasteiger partial charge is 0.252 e. The second-order valence-electron chi connectivity index (χ2n) is 8.98. The van der Waals surface area contributed by atoms with Crippen molar-refractivity contribution in [1.82, 2.24) is 35.7 Å². The molecular weight excluding hydrogens is 390 g/mol. The Bertz CT molecular complexity index is 1070. The van der Waals surface area contributed by atoms with Crippen LogP contribution < -0.4 is 5.32 Å². The van der Waals surface area contributed by atoms with Crippen LogP contribution in [0.4, 0.5) is 0 Å². The van der Waals surface area contributed by atoms with E-state index in [0.717, 1.165) is 39.3 Å². The van der Waals surface area contributed by atoms with Gasteiger partial charge in [-0.2, -0.15) is 5.21 Å². The van der Waals surface area contributed by atoms with Gasteiger partial charge in [-0.15, -0.1) is 10.2 Å². The van der Waals surface area contributed by atoms with Crippen LogP contribution in [0.3, 0.4) is 0 Å². The van der Waals surface area contributed by atoms with E-state index in [1.54, 1.807) is 0 Å². The van der Waals surface area contributed by atoms with Crippen molar-refractivity contribution >= 4 is 5.91 Å². The van der Waals surface area contributed by atoms with Crippen molar-refractivity contribution in [3.63, 3.8) is 0 Å². The summed E-state index contributed by atoms with van der Waals surface area (Å²) in [6.07, 6.45) is 0. The van der Waals surface area contributed by atoms with Crippen LogP contribution in [0.25, 0.3) is 11.4 Å². The van der Waals surface area contributed by atoms with Gasteiger partial charge in [0.15, 0.2) is 0 Å². The number of fused-ring (bicyclic) bond motifs is 1. The average molecular weight is 416 g/mol. The first kappa shape index (κ1) is 18.7. The van der Waals surface area contributed by atoms with Crippen molar-refractivity contribution in [2.24, 2.45) is 5.92 Å². The zero-order valence-electron chi connectivity index (χ0n) is 17.2. The van der Waals surface area contributed by atoms with Gasteiger partial charge < -0.3 is 15.1 Å². The van der Waals surface area contributed by atoms with Gasteiger partial charge in [0.05, 0.1) is 5.56 Å². The molecule has 0 radical (unpaired) electrons. The molecule has 7 rings (SSSR count). The van der Waals surface area contributed by atoms with E-state index >= 15 is 0 Å². The Kier molecular flexibility index (Phi) is 4.36. The molecule has 4 fully saturated rings. The molecule has 4 aliphatic rings. The van der Waals surface area contributed by atoms with Crippen LogP contribution in [-0.4, -0.2) is 81.6 Å². The first-order chi connectivity index (χ1) is 15.2. The predicted molar refractivity (Wildman–Crippen MR) is 115 cm³/mol. The minimum Gasteiger partial charge on any atom is -0.348 e. The van der Waals surface area contributed by atoms with Gasteiger partial charge in [-0.05, 0) is 16.8 Å². The molecule has 4 saturated heterocycles. The molecule has 8 nitrogen and oxygen atoms in total. The fourth-order valence-corrected chi connectivity index (χ4v) is 5.94. The number of hydrogen-bond donors (Lipinski definition) is 2. The van der Waals surface area contributed by atoms with Crippen LogP contribution in [-0.2, 0) is 5.41 Å². The SMILES string of the molecule is O=C(NC1C2CN3CCN(C2)CC1(c1ccccc1)C3)c1ccccc1-c1nn[nH]n1. The number of benzene rings is 2. The van der Waals surface area contributed by atoms with Crippen molar-refractivity contribution in [2.45, 2.75) is 11.5 Å². The van der Waals surface area contributed by atoms with Gasteiger partial charge in [0, 0.05) is 62.2 Å². The highest BCUT2D eigenvalue weighted by Crippen LogP contribution is 2.43. The van der Waals surface area contributed by atoms with Crippen molar-refractivity contribution in [3.8, 4) is 11.4 Å². The number of rotatable bonds is 4. The molecule has 0 saturated carbocycles. The monoisotopic (exact) mass is 415 g/mol. The highest BCUT2D eigenvalue weighted by molar-refractivity contribution is 6.00. The molecule has 8 heteroatoms. The minimum atomic E-state index is -0.115. The Morgan fingerprint density at radius 3 is 2.42 bits per heavy atom. The number of carbonyl (C=O) groups is 1. The molecule has 2 aromatic carbocycles. The standard InChI is InChI=1S/C23H25N7O/c31-22(19-9-5-4-8-18(19)21-25-27-28-26-21)24-20-16-12-29-10-11-30(13-16)15-23(20,14-29)17-6-2-1-3-7-17/h1-9,16,20H,10-15H2,(H,24,31)(H,25,26,27,28). The number of carbonyl (C=O) groups excluding carboxylic acids is 1. The molecule has 3 unspecified atom stereocenters. The lowest BCUT2D eigenvalue weighted by Crippen LogP contribution is -2.70. The number of amides is 1. The quantitative estimate of drug-likeness (QED) is 0.665. The Morgan fingerprint density at radius 1 is 1.00 bits per heavy atom. The molecule has 1 amide bonds. The first-order valence-electron chi connectivity index (χ1n) is 10.9. The maximum absolute atomic E-state index is 13.6. The van der Waals surface area contributed by atoms with Crippen LogP contribution in [0.2, 0.25) is 0 Å². The molecular formula is C23H25N7O. The first-order valence-corrected chi connectivity index (χ1v) is 10.9. The largest absolute Gasteiger partial charge is 0.348 e. The average Bonchev–Trinajstić information content (AvgIpc) is 3.22. The zero-order valence-corrected chi connectivity index (χ0v) is 17.2. The molecule has 31 heavy (non-hydrogen) atoms. The van der Waals surface area contributed by atoms with Gasteiger partial charge in [-0.3, -0.25) is 4.79 Å². The van der Waals surface area contributed by atoms with Crippen LogP contribution in [0.5, 0.6) is 0 Å². The van der Waals surface area contributed by atoms with E-state index in [1.165, 1.54) is 5.56 Å². The van der Waals surface area contributed by atoms with Crippen LogP contribution in [0.15, 0.2) is 54.6 Å². The van der Waals surface area contributed by atoms with E-state index in [2.05, 4.69) is 66.1 Å². The molecule has 3 atom stereocenters. The molecule has 3 aromatic rings. The van der Waals surface area contributed by atoms with Crippen molar-refractivity contribution in [3.05, 3.63) is 65.7 Å². The third-order valence-corrected chi connectivity index (χ3v) is 7.19. The number of aromatic amines is 1. The lowest BCUT2D eigenvalue weighted by atomic mass is 9.64. The summed E-state index contributed by atoms with van der Waals surface area (Å²) in [6, 6.07) is 18.3. The van der Waals surface area contributed by atoms with Gasteiger partial charge in [0.25, 0.3) is 5.91 Å². The number of aromatic nitrogens is 4. The van der Waals surface area contributed by atoms with Crippen LogP contribution >= 0.6 is 0 Å². The zero-order chi connectivity index (χ0) is 20.8. The van der Waals surface area contributed by atoms with E-state index in [4.69, 9.17) is 0 Å². The topological polar surface area (TPSA) is 90.0 Å². The molecule has 4 bridgehead atoms. The molecule has 5 heterocycles. The lowest BCUT2D eigenvalue weighted by Gasteiger charge is -2.55. The third kappa shape index (κ3) is 3.05. The Hall–Kier alpha value is -3.10. The third-order valence-electron chi connectivity index (χ3n) is 7.19. The maximum Gasteiger partial charge on any atom is 0.252 e. The Labute approximate surface area is 180 Å². The maximum atomic E-state index is 13.6. The van der Waals surface area contributed by atoms with Gasteiger partial charge in [0.2, 0.25) is 5.82 Å². The summed E-state index contributed by atoms with van der Waals surface area (Å²) in [5, 5.41) is 17.8. The van der Waals surface area contributed by atoms with Gasteiger partial charge in [-0.25, -0.2) is 0 Å². The van der Waals surface area contributed by atoms with Crippen molar-refractivity contribution in [1.29, 1.82) is 0 Å². The van der Waals surface area contributed by atoms with Crippen LogP contribution in [0, 0.1) is 5.92 Å². The summed E-state index contributed by atoms with van der Waals surface area (Å²) < 4.78 is 0. The van der Waals surface area contributed by atoms with E-state index < -0.39 is 0 Å². The molecule has 158 valence electrons. The Morgan fingerprint density at radius 2 is 1.71 bits per heavy atom. The summed E-state index contributed by atoms with van der Waals surface area (Å²) in [5.74, 6) is 0.756. The van der Waals surface area contributed by atoms with E-state index in [-0.39, 0.29) is 17.4 Å². The normalized spacial score (nSPS) is 31.4. The summed E-state index contributed by atoms with van der Waals surface area (Å²) in [4.78, 5) is 18.8. The highest BCUT2D eigenvalue weighted by Gasteiger charge is 2.55. The number of nitrogens with zero attached hydrogens (tertiary/aromatic N) is 5. The van der Waals surface area contributed by atoms with E-state index in [1.807, 2.05) is 24.3 Å². The fraction of sp³-hybridized carbons (Fsp3) is 0.391. The van der Waals surface area contributed by atoms with Crippen molar-refractivity contribution < 1.29 is 4.79 Å². The molecule has 1 aromatic heterocycles. The molecule has 0 spiro atoms. The van der Waals surface area contributed by atoms with Gasteiger partial charge in [0.1, 0.15) is 0 Å². The predicted octanol–water partition coefficient (Wildman–Crippen LogP) is 1.16. The minimum absolute atomic E-state index is 0.0724. The number of piperidine rings is 2. The fourth-order valence-electron chi connectivity index (χ4n) is 5.94. The summed E-state index contributed by atoms with van der Waals surface area (Å²) in [7, 11) is 0. The number of H-pyrrole nitrogens is 1. The van der Waals surface area contributed by atoms with Crippen LogP contribution in [0.1, 0.15) is 15.9 Å². The van der Waals surface area contributed by atoms with Crippen molar-refractivity contribution in [2.75, 3.05) is 39.3 Å². The second kappa shape index (κ2) is 7.25. The second-order valence-corrected chi connectivity index (χ2v) is 8.98. The van der Waals surface area contributed by atoms with Gasteiger partial charge >= 0.3 is 0 Å². The summed E-state index contributed by atoms with van der Waals surface area (Å²) in [5.41, 5.74) is 2.47. The highest BCUT2D eigenvalue weighted by atomic mass is 16.1. The summed E-state index contributed by atoms with van der Waals surface area (Å²) >= 11 is 0. The lowest BCUT2D eigenvalue weighted by molar-refractivity contribution is 0.0181. The number of nitrogens with one attached hydrogen (secondary N) is 2. The number of hydrogen-bond acceptors (Lipinski definition) is 6. The van der Waals surface area contributed by atoms with E-state index in [0.29, 0.717) is 22.9 Å². The van der Waals surface area contributed by atoms with E-state index in [9.17, 15) is 4.79 Å². The molecule has 2 N–H and O–H groups in total. The van der Waals surface area contributed by atoms with Gasteiger partial charge in [-0.1, -0.05) is 48.5 Å².